The monoisotopic (exact) mass is 491 g/mol. The maximum atomic E-state index is 11.8. The number of nitrogens with zero attached hydrogens (tertiary/aromatic N) is 4. The summed E-state index contributed by atoms with van der Waals surface area (Å²) in [6.07, 6.45) is 0.174. The van der Waals surface area contributed by atoms with E-state index in [0.29, 0.717) is 22.8 Å². The number of anilines is 2. The van der Waals surface area contributed by atoms with Gasteiger partial charge in [0.15, 0.2) is 0 Å². The van der Waals surface area contributed by atoms with Crippen molar-refractivity contribution < 1.29 is 33.8 Å². The molecule has 0 unspecified atom stereocenters. The number of esters is 2. The van der Waals surface area contributed by atoms with Gasteiger partial charge in [-0.25, -0.2) is 9.78 Å². The zero-order chi connectivity index (χ0) is 25.3. The Morgan fingerprint density at radius 2 is 1.71 bits per heavy atom. The van der Waals surface area contributed by atoms with E-state index in [4.69, 9.17) is 14.6 Å². The number of hydrogen-bond donors (Lipinski definition) is 2. The second-order valence-corrected chi connectivity index (χ2v) is 7.92. The van der Waals surface area contributed by atoms with Crippen LogP contribution in [0.5, 0.6) is 0 Å². The van der Waals surface area contributed by atoms with E-state index in [1.165, 1.54) is 21.1 Å². The van der Waals surface area contributed by atoms with Crippen molar-refractivity contribution in [3.63, 3.8) is 0 Å². The van der Waals surface area contributed by atoms with Gasteiger partial charge >= 0.3 is 17.9 Å². The number of aromatic carboxylic acids is 1. The van der Waals surface area contributed by atoms with Gasteiger partial charge in [-0.05, 0) is 25.1 Å². The molecule has 0 bridgehead atoms. The van der Waals surface area contributed by atoms with Crippen LogP contribution in [0.25, 0.3) is 0 Å². The minimum absolute atomic E-state index is 0.0678. The average molecular weight is 492 g/mol. The van der Waals surface area contributed by atoms with Gasteiger partial charge in [0.1, 0.15) is 10.6 Å². The highest BCUT2D eigenvalue weighted by Gasteiger charge is 2.16. The zero-order valence-corrected chi connectivity index (χ0v) is 20.0. The van der Waals surface area contributed by atoms with Crippen LogP contribution in [0.4, 0.5) is 22.2 Å². The molecule has 1 aromatic carbocycles. The molecule has 0 saturated heterocycles. The van der Waals surface area contributed by atoms with Crippen molar-refractivity contribution in [2.45, 2.75) is 26.7 Å². The number of rotatable bonds is 11. The Hall–Kier alpha value is -3.87. The van der Waals surface area contributed by atoms with Gasteiger partial charge in [-0.3, -0.25) is 14.4 Å². The van der Waals surface area contributed by atoms with Crippen molar-refractivity contribution in [2.75, 3.05) is 37.5 Å². The summed E-state index contributed by atoms with van der Waals surface area (Å²) < 4.78 is 9.39. The minimum Gasteiger partial charge on any atom is -0.477 e. The molecular formula is C21H25N5O7S. The molecule has 0 saturated carbocycles. The number of carboxylic acids is 1. The summed E-state index contributed by atoms with van der Waals surface area (Å²) in [5.41, 5.74) is 1.59. The normalized spacial score (nSPS) is 10.7. The first-order chi connectivity index (χ1) is 16.1. The standard InChI is InChI=1S/C21H25N5O7S/c1-12-19(20(30)31)34-21(22-12)25-24-15-6-5-14(11-16(15)23-13(2)27)26(9-7-17(28)32-3)10-8-18(29)33-4/h5-6,11H,7-10H2,1-4H3,(H,23,27)(H,30,31). The van der Waals surface area contributed by atoms with E-state index in [9.17, 15) is 19.2 Å². The number of amides is 1. The molecule has 0 aliphatic carbocycles. The second-order valence-electron chi connectivity index (χ2n) is 6.94. The molecule has 34 heavy (non-hydrogen) atoms. The third kappa shape index (κ3) is 7.62. The van der Waals surface area contributed by atoms with Crippen LogP contribution in [0.15, 0.2) is 28.4 Å². The molecule has 2 rings (SSSR count). The van der Waals surface area contributed by atoms with Crippen LogP contribution in [0.3, 0.4) is 0 Å². The number of azo groups is 1. The highest BCUT2D eigenvalue weighted by molar-refractivity contribution is 7.17. The van der Waals surface area contributed by atoms with E-state index in [1.807, 2.05) is 0 Å². The fourth-order valence-corrected chi connectivity index (χ4v) is 3.57. The minimum atomic E-state index is -1.10. The summed E-state index contributed by atoms with van der Waals surface area (Å²) in [6.45, 7) is 3.43. The van der Waals surface area contributed by atoms with Gasteiger partial charge in [0, 0.05) is 25.7 Å². The summed E-state index contributed by atoms with van der Waals surface area (Å²) in [5.74, 6) is -2.26. The zero-order valence-electron chi connectivity index (χ0n) is 19.2. The van der Waals surface area contributed by atoms with Gasteiger partial charge in [-0.15, -0.1) is 10.2 Å². The number of nitrogens with one attached hydrogen (secondary N) is 1. The molecule has 2 N–H and O–H groups in total. The summed E-state index contributed by atoms with van der Waals surface area (Å²) >= 11 is 0.883. The van der Waals surface area contributed by atoms with Gasteiger partial charge in [0.05, 0.1) is 38.4 Å². The maximum absolute atomic E-state index is 11.8. The van der Waals surface area contributed by atoms with Gasteiger partial charge in [-0.2, -0.15) is 0 Å². The predicted molar refractivity (Wildman–Crippen MR) is 124 cm³/mol. The third-order valence-corrected chi connectivity index (χ3v) is 5.54. The van der Waals surface area contributed by atoms with Gasteiger partial charge in [0.2, 0.25) is 11.0 Å². The lowest BCUT2D eigenvalue weighted by Gasteiger charge is -2.25. The van der Waals surface area contributed by atoms with Gasteiger partial charge < -0.3 is 24.8 Å². The Morgan fingerprint density at radius 3 is 2.21 bits per heavy atom. The summed E-state index contributed by atoms with van der Waals surface area (Å²) in [6, 6.07) is 4.94. The van der Waals surface area contributed by atoms with Gasteiger partial charge in [-0.1, -0.05) is 11.3 Å². The Morgan fingerprint density at radius 1 is 1.09 bits per heavy atom. The Bertz CT molecular complexity index is 1080. The van der Waals surface area contributed by atoms with Crippen LogP contribution in [-0.2, 0) is 23.9 Å². The van der Waals surface area contributed by atoms with Crippen molar-refractivity contribution in [1.29, 1.82) is 0 Å². The molecule has 182 valence electrons. The van der Waals surface area contributed by atoms with Crippen LogP contribution in [0.2, 0.25) is 0 Å². The molecule has 0 aliphatic heterocycles. The van der Waals surface area contributed by atoms with E-state index in [0.717, 1.165) is 11.3 Å². The first kappa shape index (κ1) is 26.4. The topological polar surface area (TPSA) is 160 Å². The molecule has 0 aliphatic rings. The smallest absolute Gasteiger partial charge is 0.347 e. The molecular weight excluding hydrogens is 466 g/mol. The van der Waals surface area contributed by atoms with Gasteiger partial charge in [0.25, 0.3) is 0 Å². The molecule has 12 nitrogen and oxygen atoms in total. The Balaban J connectivity index is 2.35. The second kappa shape index (κ2) is 12.4. The van der Waals surface area contributed by atoms with Crippen molar-refractivity contribution in [3.05, 3.63) is 28.8 Å². The van der Waals surface area contributed by atoms with Crippen LogP contribution in [-0.4, -0.2) is 61.2 Å². The molecule has 13 heteroatoms. The lowest BCUT2D eigenvalue weighted by Crippen LogP contribution is -2.29. The summed E-state index contributed by atoms with van der Waals surface area (Å²) in [4.78, 5) is 52.1. The number of methoxy groups -OCH3 is 2. The van der Waals surface area contributed by atoms with E-state index in [1.54, 1.807) is 30.0 Å². The number of hydrogen-bond acceptors (Lipinski definition) is 11. The number of aryl methyl sites for hydroxylation is 1. The molecule has 1 amide bonds. The number of carbonyl (C=O) groups excluding carboxylic acids is 3. The van der Waals surface area contributed by atoms with Crippen LogP contribution in [0.1, 0.15) is 35.1 Å². The summed E-state index contributed by atoms with van der Waals surface area (Å²) in [5, 5.41) is 20.1. The molecule has 0 fully saturated rings. The fraction of sp³-hybridized carbons (Fsp3) is 0.381. The molecule has 0 radical (unpaired) electrons. The number of carboxylic acid groups (broad SMARTS) is 1. The average Bonchev–Trinajstić information content (AvgIpc) is 3.18. The lowest BCUT2D eigenvalue weighted by molar-refractivity contribution is -0.140. The SMILES string of the molecule is COC(=O)CCN(CCC(=O)OC)c1ccc(N=Nc2nc(C)c(C(=O)O)s2)c(NC(C)=O)c1. The van der Waals surface area contributed by atoms with E-state index < -0.39 is 17.9 Å². The molecule has 0 spiro atoms. The molecule has 1 heterocycles. The number of aromatic nitrogens is 1. The molecule has 2 aromatic rings. The first-order valence-corrected chi connectivity index (χ1v) is 10.9. The van der Waals surface area contributed by atoms with Crippen molar-refractivity contribution >= 4 is 57.3 Å². The highest BCUT2D eigenvalue weighted by atomic mass is 32.1. The third-order valence-electron chi connectivity index (χ3n) is 4.51. The van der Waals surface area contributed by atoms with Crippen LogP contribution in [0, 0.1) is 6.92 Å². The van der Waals surface area contributed by atoms with E-state index in [2.05, 4.69) is 20.5 Å². The van der Waals surface area contributed by atoms with Crippen LogP contribution < -0.4 is 10.2 Å². The Kier molecular flexibility index (Phi) is 9.62. The van der Waals surface area contributed by atoms with Crippen LogP contribution >= 0.6 is 11.3 Å². The van der Waals surface area contributed by atoms with Crippen molar-refractivity contribution in [3.8, 4) is 0 Å². The first-order valence-electron chi connectivity index (χ1n) is 10.1. The highest BCUT2D eigenvalue weighted by Crippen LogP contribution is 2.33. The molecule has 0 atom stereocenters. The summed E-state index contributed by atoms with van der Waals surface area (Å²) in [7, 11) is 2.58. The van der Waals surface area contributed by atoms with Crippen molar-refractivity contribution in [2.24, 2.45) is 10.2 Å². The number of benzene rings is 1. The van der Waals surface area contributed by atoms with E-state index >= 15 is 0 Å². The number of ether oxygens (including phenoxy) is 2. The number of carbonyl (C=O) groups is 4. The Labute approximate surface area is 199 Å². The largest absolute Gasteiger partial charge is 0.477 e. The lowest BCUT2D eigenvalue weighted by atomic mass is 10.2. The number of thiazole rings is 1. The quantitative estimate of drug-likeness (QED) is 0.354. The fourth-order valence-electron chi connectivity index (χ4n) is 2.84. The van der Waals surface area contributed by atoms with Crippen molar-refractivity contribution in [1.82, 2.24) is 4.98 Å². The predicted octanol–water partition coefficient (Wildman–Crippen LogP) is 3.46. The van der Waals surface area contributed by atoms with E-state index in [-0.39, 0.29) is 41.8 Å². The molecule has 1 aromatic heterocycles. The maximum Gasteiger partial charge on any atom is 0.347 e.